The van der Waals surface area contributed by atoms with Crippen molar-refractivity contribution >= 4 is 5.91 Å². The van der Waals surface area contributed by atoms with E-state index in [1.54, 1.807) is 0 Å². The highest BCUT2D eigenvalue weighted by atomic mass is 16.2. The van der Waals surface area contributed by atoms with Gasteiger partial charge in [0.25, 0.3) is 0 Å². The second-order valence-corrected chi connectivity index (χ2v) is 7.75. The third-order valence-corrected chi connectivity index (χ3v) is 6.55. The summed E-state index contributed by atoms with van der Waals surface area (Å²) in [7, 11) is 0. The summed E-state index contributed by atoms with van der Waals surface area (Å²) in [6.07, 6.45) is 8.84. The molecule has 0 saturated heterocycles. The molecule has 0 aromatic carbocycles. The Morgan fingerprint density at radius 2 is 1.57 bits per heavy atom. The van der Waals surface area contributed by atoms with Gasteiger partial charge < -0.3 is 10.6 Å². The predicted octanol–water partition coefficient (Wildman–Crippen LogP) is 3.03. The largest absolute Gasteiger partial charge is 0.338 e. The predicted molar refractivity (Wildman–Crippen MR) is 85.7 cm³/mol. The number of carbonyl (C=O) groups is 1. The first-order valence-corrected chi connectivity index (χ1v) is 9.18. The Hall–Kier alpha value is -0.570. The molecule has 0 radical (unpaired) electrons. The average Bonchev–Trinajstić information content (AvgIpc) is 2.46. The van der Waals surface area contributed by atoms with E-state index in [2.05, 4.69) is 18.7 Å². The molecule has 0 heterocycles. The number of nitrogens with two attached hydrogens (primary N) is 1. The fourth-order valence-corrected chi connectivity index (χ4v) is 5.86. The summed E-state index contributed by atoms with van der Waals surface area (Å²) in [5, 5.41) is 0. The summed E-state index contributed by atoms with van der Waals surface area (Å²) >= 11 is 0. The van der Waals surface area contributed by atoms with Gasteiger partial charge in [-0.3, -0.25) is 4.79 Å². The van der Waals surface area contributed by atoms with E-state index in [1.807, 2.05) is 0 Å². The van der Waals surface area contributed by atoms with Gasteiger partial charge >= 0.3 is 0 Å². The molecule has 3 heteroatoms. The van der Waals surface area contributed by atoms with Crippen molar-refractivity contribution in [2.24, 2.45) is 35.3 Å². The van der Waals surface area contributed by atoms with Crippen LogP contribution in [-0.4, -0.2) is 29.9 Å². The Balaban J connectivity index is 1.76. The van der Waals surface area contributed by atoms with Gasteiger partial charge in [-0.1, -0.05) is 13.8 Å². The summed E-state index contributed by atoms with van der Waals surface area (Å²) in [5.74, 6) is 4.01. The van der Waals surface area contributed by atoms with Crippen LogP contribution in [0.5, 0.6) is 0 Å². The van der Waals surface area contributed by atoms with Crippen LogP contribution in [0.4, 0.5) is 0 Å². The zero-order valence-electron chi connectivity index (χ0n) is 13.8. The Kier molecular flexibility index (Phi) is 4.58. The maximum Gasteiger partial charge on any atom is 0.226 e. The lowest BCUT2D eigenvalue weighted by atomic mass is 9.51. The molecule has 0 aromatic rings. The molecule has 0 aromatic heterocycles. The van der Waals surface area contributed by atoms with Gasteiger partial charge in [-0.25, -0.2) is 0 Å². The van der Waals surface area contributed by atoms with E-state index in [0.717, 1.165) is 31.2 Å². The maximum atomic E-state index is 13.3. The standard InChI is InChI=1S/C18H32N2O/c1-3-16(4-2)20(6-5-19)18(21)17-14-8-12-7-13(10-14)11-15(17)9-12/h12-17H,3-11,19H2,1-2H3. The molecule has 120 valence electrons. The molecular formula is C18H32N2O. The van der Waals surface area contributed by atoms with Crippen LogP contribution in [-0.2, 0) is 4.79 Å². The summed E-state index contributed by atoms with van der Waals surface area (Å²) < 4.78 is 0. The van der Waals surface area contributed by atoms with E-state index in [9.17, 15) is 4.79 Å². The third kappa shape index (κ3) is 2.74. The monoisotopic (exact) mass is 292 g/mol. The summed E-state index contributed by atoms with van der Waals surface area (Å²) in [6.45, 7) is 5.73. The van der Waals surface area contributed by atoms with Gasteiger partial charge in [-0.05, 0) is 68.6 Å². The molecule has 2 N–H and O–H groups in total. The summed E-state index contributed by atoms with van der Waals surface area (Å²) in [6, 6.07) is 0.387. The number of carbonyl (C=O) groups excluding carboxylic acids is 1. The lowest BCUT2D eigenvalue weighted by molar-refractivity contribution is -0.151. The van der Waals surface area contributed by atoms with Gasteiger partial charge in [0.15, 0.2) is 0 Å². The van der Waals surface area contributed by atoms with Crippen LogP contribution in [0.15, 0.2) is 0 Å². The van der Waals surface area contributed by atoms with Crippen molar-refractivity contribution in [3.05, 3.63) is 0 Å². The first kappa shape index (κ1) is 15.3. The minimum atomic E-state index is 0.324. The van der Waals surface area contributed by atoms with Crippen molar-refractivity contribution < 1.29 is 4.79 Å². The topological polar surface area (TPSA) is 46.3 Å². The first-order valence-electron chi connectivity index (χ1n) is 9.18. The Bertz CT molecular complexity index is 349. The van der Waals surface area contributed by atoms with Crippen molar-refractivity contribution in [2.75, 3.05) is 13.1 Å². The van der Waals surface area contributed by atoms with Gasteiger partial charge in [-0.2, -0.15) is 0 Å². The molecule has 4 bridgehead atoms. The van der Waals surface area contributed by atoms with Crippen molar-refractivity contribution in [2.45, 2.75) is 64.8 Å². The summed E-state index contributed by atoms with van der Waals surface area (Å²) in [5.41, 5.74) is 5.79. The number of amides is 1. The molecular weight excluding hydrogens is 260 g/mol. The summed E-state index contributed by atoms with van der Waals surface area (Å²) in [4.78, 5) is 15.4. The van der Waals surface area contributed by atoms with E-state index in [-0.39, 0.29) is 0 Å². The Labute approximate surface area is 129 Å². The van der Waals surface area contributed by atoms with Gasteiger partial charge in [0.2, 0.25) is 5.91 Å². The molecule has 0 unspecified atom stereocenters. The maximum absolute atomic E-state index is 13.3. The van der Waals surface area contributed by atoms with Crippen molar-refractivity contribution in [1.29, 1.82) is 0 Å². The molecule has 0 spiro atoms. The number of nitrogens with zero attached hydrogens (tertiary/aromatic N) is 1. The van der Waals surface area contributed by atoms with Crippen molar-refractivity contribution in [3.8, 4) is 0 Å². The van der Waals surface area contributed by atoms with Gasteiger partial charge in [0.05, 0.1) is 0 Å². The lowest BCUT2D eigenvalue weighted by Crippen LogP contribution is -2.54. The highest BCUT2D eigenvalue weighted by molar-refractivity contribution is 5.80. The molecule has 0 aliphatic heterocycles. The van der Waals surface area contributed by atoms with E-state index in [0.29, 0.717) is 36.2 Å². The third-order valence-electron chi connectivity index (χ3n) is 6.55. The van der Waals surface area contributed by atoms with E-state index in [1.165, 1.54) is 32.1 Å². The van der Waals surface area contributed by atoms with Crippen LogP contribution in [0, 0.1) is 29.6 Å². The van der Waals surface area contributed by atoms with Crippen LogP contribution < -0.4 is 5.73 Å². The molecule has 4 rings (SSSR count). The van der Waals surface area contributed by atoms with Crippen LogP contribution in [0.3, 0.4) is 0 Å². The molecule has 21 heavy (non-hydrogen) atoms. The van der Waals surface area contributed by atoms with Crippen LogP contribution in [0.1, 0.15) is 58.8 Å². The minimum Gasteiger partial charge on any atom is -0.338 e. The van der Waals surface area contributed by atoms with E-state index in [4.69, 9.17) is 5.73 Å². The quantitative estimate of drug-likeness (QED) is 0.818. The van der Waals surface area contributed by atoms with Gasteiger partial charge in [-0.15, -0.1) is 0 Å². The van der Waals surface area contributed by atoms with Gasteiger partial charge in [0.1, 0.15) is 0 Å². The molecule has 4 aliphatic rings. The molecule has 4 aliphatic carbocycles. The van der Waals surface area contributed by atoms with Gasteiger partial charge in [0, 0.05) is 25.0 Å². The fourth-order valence-electron chi connectivity index (χ4n) is 5.86. The Morgan fingerprint density at radius 1 is 1.05 bits per heavy atom. The smallest absolute Gasteiger partial charge is 0.226 e. The highest BCUT2D eigenvalue weighted by Crippen LogP contribution is 2.56. The number of rotatable bonds is 6. The molecule has 1 amide bonds. The molecule has 4 saturated carbocycles. The normalized spacial score (nSPS) is 37.2. The molecule has 3 nitrogen and oxygen atoms in total. The molecule has 0 atom stereocenters. The second-order valence-electron chi connectivity index (χ2n) is 7.75. The van der Waals surface area contributed by atoms with Crippen molar-refractivity contribution in [1.82, 2.24) is 4.90 Å². The second kappa shape index (κ2) is 6.28. The zero-order chi connectivity index (χ0) is 15.0. The van der Waals surface area contributed by atoms with Crippen molar-refractivity contribution in [3.63, 3.8) is 0 Å². The number of hydrogen-bond donors (Lipinski definition) is 1. The fraction of sp³-hybridized carbons (Fsp3) is 0.944. The lowest BCUT2D eigenvalue weighted by Gasteiger charge is -2.54. The van der Waals surface area contributed by atoms with Crippen LogP contribution in [0.25, 0.3) is 0 Å². The zero-order valence-corrected chi connectivity index (χ0v) is 13.8. The van der Waals surface area contributed by atoms with E-state index < -0.39 is 0 Å². The Morgan fingerprint density at radius 3 is 2.00 bits per heavy atom. The molecule has 4 fully saturated rings. The minimum absolute atomic E-state index is 0.324. The highest BCUT2D eigenvalue weighted by Gasteiger charge is 2.51. The average molecular weight is 292 g/mol. The SMILES string of the molecule is CCC(CC)N(CCN)C(=O)C1C2CC3CC(C2)CC1C3. The van der Waals surface area contributed by atoms with E-state index >= 15 is 0 Å². The first-order chi connectivity index (χ1) is 10.2. The van der Waals surface area contributed by atoms with Crippen LogP contribution in [0.2, 0.25) is 0 Å². The van der Waals surface area contributed by atoms with Crippen LogP contribution >= 0.6 is 0 Å². The number of hydrogen-bond acceptors (Lipinski definition) is 2.